The van der Waals surface area contributed by atoms with E-state index in [0.717, 1.165) is 23.5 Å². The Morgan fingerprint density at radius 3 is 2.63 bits per heavy atom. The van der Waals surface area contributed by atoms with Gasteiger partial charge in [-0.3, -0.25) is 0 Å². The van der Waals surface area contributed by atoms with E-state index in [1.165, 1.54) is 44.1 Å². The van der Waals surface area contributed by atoms with E-state index in [2.05, 4.69) is 24.4 Å². The summed E-state index contributed by atoms with van der Waals surface area (Å²) in [6, 6.07) is 9.23. The molecule has 0 aliphatic heterocycles. The summed E-state index contributed by atoms with van der Waals surface area (Å²) in [5, 5.41) is 4.68. The second-order valence-electron chi connectivity index (χ2n) is 6.48. The maximum atomic E-state index is 6.45. The van der Waals surface area contributed by atoms with E-state index in [-0.39, 0.29) is 0 Å². The Labute approximate surface area is 121 Å². The van der Waals surface area contributed by atoms with Gasteiger partial charge in [-0.05, 0) is 43.2 Å². The van der Waals surface area contributed by atoms with Crippen molar-refractivity contribution >= 4 is 11.6 Å². The van der Waals surface area contributed by atoms with Crippen LogP contribution in [0.5, 0.6) is 0 Å². The molecule has 0 bridgehead atoms. The molecule has 2 aliphatic rings. The zero-order chi connectivity index (χ0) is 13.3. The van der Waals surface area contributed by atoms with Crippen molar-refractivity contribution in [1.82, 2.24) is 5.32 Å². The third-order valence-corrected chi connectivity index (χ3v) is 5.14. The Bertz CT molecular complexity index is 433. The van der Waals surface area contributed by atoms with Crippen LogP contribution in [0.4, 0.5) is 0 Å². The van der Waals surface area contributed by atoms with Gasteiger partial charge in [-0.15, -0.1) is 0 Å². The molecule has 1 aromatic carbocycles. The number of hydrogen-bond acceptors (Lipinski definition) is 1. The van der Waals surface area contributed by atoms with Crippen molar-refractivity contribution in [3.63, 3.8) is 0 Å². The van der Waals surface area contributed by atoms with Gasteiger partial charge < -0.3 is 5.32 Å². The predicted octanol–water partition coefficient (Wildman–Crippen LogP) is 4.54. The lowest BCUT2D eigenvalue weighted by Crippen LogP contribution is -2.49. The molecule has 1 N–H and O–H groups in total. The first kappa shape index (κ1) is 13.5. The van der Waals surface area contributed by atoms with Crippen molar-refractivity contribution in [3.05, 3.63) is 34.9 Å². The second kappa shape index (κ2) is 5.46. The van der Waals surface area contributed by atoms with E-state index in [9.17, 15) is 0 Å². The van der Waals surface area contributed by atoms with Crippen molar-refractivity contribution < 1.29 is 0 Å². The molecule has 104 valence electrons. The minimum absolute atomic E-state index is 0.306. The number of benzene rings is 1. The molecule has 1 aromatic rings. The van der Waals surface area contributed by atoms with Gasteiger partial charge in [0.15, 0.2) is 0 Å². The van der Waals surface area contributed by atoms with Crippen molar-refractivity contribution in [2.45, 2.75) is 56.9 Å². The van der Waals surface area contributed by atoms with E-state index in [4.69, 9.17) is 11.6 Å². The van der Waals surface area contributed by atoms with Gasteiger partial charge in [0.2, 0.25) is 0 Å². The van der Waals surface area contributed by atoms with E-state index < -0.39 is 0 Å². The third kappa shape index (κ3) is 2.83. The van der Waals surface area contributed by atoms with Gasteiger partial charge in [0, 0.05) is 23.0 Å². The molecule has 0 unspecified atom stereocenters. The molecule has 0 aromatic heterocycles. The monoisotopic (exact) mass is 277 g/mol. The molecule has 3 rings (SSSR count). The summed E-state index contributed by atoms with van der Waals surface area (Å²) in [6.45, 7) is 3.40. The summed E-state index contributed by atoms with van der Waals surface area (Å²) in [6.07, 6.45) is 8.01. The number of nitrogens with one attached hydrogen (secondary N) is 1. The average Bonchev–Trinajstić information content (AvgIpc) is 3.17. The van der Waals surface area contributed by atoms with Crippen LogP contribution in [0.15, 0.2) is 24.3 Å². The quantitative estimate of drug-likeness (QED) is 0.805. The highest BCUT2D eigenvalue weighted by molar-refractivity contribution is 6.31. The molecule has 0 radical (unpaired) electrons. The summed E-state index contributed by atoms with van der Waals surface area (Å²) < 4.78 is 0. The lowest BCUT2D eigenvalue weighted by molar-refractivity contribution is 0.128. The number of hydrogen-bond donors (Lipinski definition) is 1. The second-order valence-corrected chi connectivity index (χ2v) is 6.89. The molecular formula is C17H24ClN. The molecule has 2 fully saturated rings. The maximum absolute atomic E-state index is 6.45. The fraction of sp³-hybridized carbons (Fsp3) is 0.647. The molecule has 0 saturated heterocycles. The Hall–Kier alpha value is -0.530. The van der Waals surface area contributed by atoms with Crippen LogP contribution in [0, 0.1) is 5.92 Å². The van der Waals surface area contributed by atoms with E-state index in [1.807, 2.05) is 12.1 Å². The normalized spacial score (nSPS) is 30.1. The van der Waals surface area contributed by atoms with Crippen LogP contribution < -0.4 is 5.32 Å². The summed E-state index contributed by atoms with van der Waals surface area (Å²) in [5.74, 6) is 0.905. The van der Waals surface area contributed by atoms with Crippen LogP contribution >= 0.6 is 11.6 Å². The highest BCUT2D eigenvalue weighted by Crippen LogP contribution is 2.51. The summed E-state index contributed by atoms with van der Waals surface area (Å²) in [7, 11) is 0. The van der Waals surface area contributed by atoms with Crippen molar-refractivity contribution in [2.24, 2.45) is 5.92 Å². The van der Waals surface area contributed by atoms with Crippen LogP contribution in [0.2, 0.25) is 5.02 Å². The molecular weight excluding hydrogens is 254 g/mol. The summed E-state index contributed by atoms with van der Waals surface area (Å²) in [4.78, 5) is 0. The predicted molar refractivity (Wildman–Crippen MR) is 81.8 cm³/mol. The highest BCUT2D eigenvalue weighted by atomic mass is 35.5. The minimum Gasteiger partial charge on any atom is -0.313 e. The summed E-state index contributed by atoms with van der Waals surface area (Å²) >= 11 is 6.45. The molecule has 2 heteroatoms. The molecule has 0 atom stereocenters. The largest absolute Gasteiger partial charge is 0.313 e. The van der Waals surface area contributed by atoms with Crippen LogP contribution in [0.25, 0.3) is 0 Å². The molecule has 0 spiro atoms. The fourth-order valence-corrected chi connectivity index (χ4v) is 3.97. The number of rotatable bonds is 6. The average molecular weight is 278 g/mol. The standard InChI is InChI=1S/C17H24ClN/c1-2-5-13-10-17(11-13,12-19-14-8-9-14)15-6-3-4-7-16(15)18/h3-4,6-7,13-14,19H,2,5,8-12H2,1H3. The zero-order valence-corrected chi connectivity index (χ0v) is 12.5. The van der Waals surface area contributed by atoms with Gasteiger partial charge in [0.1, 0.15) is 0 Å². The molecule has 0 amide bonds. The molecule has 19 heavy (non-hydrogen) atoms. The fourth-order valence-electron chi connectivity index (χ4n) is 3.64. The Morgan fingerprint density at radius 1 is 1.26 bits per heavy atom. The molecule has 0 heterocycles. The van der Waals surface area contributed by atoms with Crippen molar-refractivity contribution in [2.75, 3.05) is 6.54 Å². The van der Waals surface area contributed by atoms with Crippen LogP contribution in [-0.2, 0) is 5.41 Å². The first-order chi connectivity index (χ1) is 9.23. The van der Waals surface area contributed by atoms with Gasteiger partial charge in [-0.2, -0.15) is 0 Å². The third-order valence-electron chi connectivity index (χ3n) is 4.81. The smallest absolute Gasteiger partial charge is 0.0444 e. The topological polar surface area (TPSA) is 12.0 Å². The van der Waals surface area contributed by atoms with Crippen LogP contribution in [0.3, 0.4) is 0 Å². The van der Waals surface area contributed by atoms with E-state index in [0.29, 0.717) is 5.41 Å². The molecule has 2 aliphatic carbocycles. The molecule has 2 saturated carbocycles. The zero-order valence-electron chi connectivity index (χ0n) is 11.8. The summed E-state index contributed by atoms with van der Waals surface area (Å²) in [5.41, 5.74) is 1.68. The van der Waals surface area contributed by atoms with Gasteiger partial charge in [-0.25, -0.2) is 0 Å². The Kier molecular flexibility index (Phi) is 3.86. The SMILES string of the molecule is CCCC1CC(CNC2CC2)(c2ccccc2Cl)C1. The Balaban J connectivity index is 1.75. The lowest BCUT2D eigenvalue weighted by Gasteiger charge is -2.49. The lowest BCUT2D eigenvalue weighted by atomic mass is 9.57. The Morgan fingerprint density at radius 2 is 2.00 bits per heavy atom. The van der Waals surface area contributed by atoms with Gasteiger partial charge in [0.25, 0.3) is 0 Å². The van der Waals surface area contributed by atoms with Crippen molar-refractivity contribution in [1.29, 1.82) is 0 Å². The maximum Gasteiger partial charge on any atom is 0.0444 e. The highest BCUT2D eigenvalue weighted by Gasteiger charge is 2.46. The van der Waals surface area contributed by atoms with Gasteiger partial charge >= 0.3 is 0 Å². The molecule has 1 nitrogen and oxygen atoms in total. The first-order valence-electron chi connectivity index (χ1n) is 7.72. The first-order valence-corrected chi connectivity index (χ1v) is 8.10. The van der Waals surface area contributed by atoms with E-state index >= 15 is 0 Å². The van der Waals surface area contributed by atoms with Crippen LogP contribution in [-0.4, -0.2) is 12.6 Å². The minimum atomic E-state index is 0.306. The van der Waals surface area contributed by atoms with E-state index in [1.54, 1.807) is 0 Å². The number of halogens is 1. The van der Waals surface area contributed by atoms with Crippen LogP contribution in [0.1, 0.15) is 51.0 Å². The van der Waals surface area contributed by atoms with Gasteiger partial charge in [-0.1, -0.05) is 49.6 Å². The van der Waals surface area contributed by atoms with Gasteiger partial charge in [0.05, 0.1) is 0 Å². The van der Waals surface area contributed by atoms with Crippen molar-refractivity contribution in [3.8, 4) is 0 Å².